The zero-order chi connectivity index (χ0) is 13.4. The standard InChI is InChI=1S/C14H28O4/c1-4-6-8-16-11-12-10-14(3,13(15)18-12)17-9-7-5-2/h12-13,15H,4-11H2,1-3H3/t12-,13?,14+/m0/s1. The lowest BCUT2D eigenvalue weighted by atomic mass is 10.0. The first-order valence-electron chi connectivity index (χ1n) is 7.17. The van der Waals surface area contributed by atoms with Gasteiger partial charge in [-0.3, -0.25) is 0 Å². The van der Waals surface area contributed by atoms with Crippen LogP contribution >= 0.6 is 0 Å². The van der Waals surface area contributed by atoms with Crippen LogP contribution in [-0.2, 0) is 14.2 Å². The molecule has 1 aliphatic heterocycles. The predicted octanol–water partition coefficient (Wildman–Crippen LogP) is 2.49. The van der Waals surface area contributed by atoms with Gasteiger partial charge in [-0.25, -0.2) is 0 Å². The van der Waals surface area contributed by atoms with Gasteiger partial charge in [-0.05, 0) is 19.8 Å². The van der Waals surface area contributed by atoms with E-state index < -0.39 is 11.9 Å². The highest BCUT2D eigenvalue weighted by molar-refractivity contribution is 4.89. The SMILES string of the molecule is CCCCOC[C@@H]1C[C@@](C)(OCCCC)C(O)O1. The Hall–Kier alpha value is -0.160. The smallest absolute Gasteiger partial charge is 0.184 e. The molecule has 0 spiro atoms. The lowest BCUT2D eigenvalue weighted by molar-refractivity contribution is -0.186. The zero-order valence-corrected chi connectivity index (χ0v) is 12.0. The van der Waals surface area contributed by atoms with Crippen LogP contribution in [0.15, 0.2) is 0 Å². The third-order valence-corrected chi connectivity index (χ3v) is 3.35. The van der Waals surface area contributed by atoms with Crippen molar-refractivity contribution in [1.29, 1.82) is 0 Å². The van der Waals surface area contributed by atoms with Gasteiger partial charge in [-0.1, -0.05) is 26.7 Å². The Morgan fingerprint density at radius 3 is 2.56 bits per heavy atom. The first kappa shape index (κ1) is 15.9. The highest BCUT2D eigenvalue weighted by atomic mass is 16.7. The van der Waals surface area contributed by atoms with E-state index in [1.807, 2.05) is 6.92 Å². The summed E-state index contributed by atoms with van der Waals surface area (Å²) in [6, 6.07) is 0. The van der Waals surface area contributed by atoms with E-state index in [1.54, 1.807) is 0 Å². The molecule has 0 aromatic heterocycles. The fourth-order valence-electron chi connectivity index (χ4n) is 2.07. The van der Waals surface area contributed by atoms with E-state index in [-0.39, 0.29) is 6.10 Å². The van der Waals surface area contributed by atoms with E-state index in [4.69, 9.17) is 14.2 Å². The van der Waals surface area contributed by atoms with E-state index >= 15 is 0 Å². The van der Waals surface area contributed by atoms with Gasteiger partial charge in [0, 0.05) is 19.6 Å². The van der Waals surface area contributed by atoms with Gasteiger partial charge in [-0.15, -0.1) is 0 Å². The number of hydrogen-bond acceptors (Lipinski definition) is 4. The topological polar surface area (TPSA) is 47.9 Å². The van der Waals surface area contributed by atoms with Gasteiger partial charge >= 0.3 is 0 Å². The van der Waals surface area contributed by atoms with Crippen LogP contribution in [0.3, 0.4) is 0 Å². The summed E-state index contributed by atoms with van der Waals surface area (Å²) in [5.41, 5.74) is -0.575. The van der Waals surface area contributed by atoms with Crippen LogP contribution in [0.4, 0.5) is 0 Å². The van der Waals surface area contributed by atoms with E-state index in [9.17, 15) is 5.11 Å². The molecule has 0 aromatic carbocycles. The lowest BCUT2D eigenvalue weighted by Gasteiger charge is -2.26. The highest BCUT2D eigenvalue weighted by Gasteiger charge is 2.45. The average Bonchev–Trinajstić information content (AvgIpc) is 2.61. The number of hydrogen-bond donors (Lipinski definition) is 1. The average molecular weight is 260 g/mol. The van der Waals surface area contributed by atoms with Gasteiger partial charge in [0.1, 0.15) is 5.60 Å². The molecule has 4 heteroatoms. The van der Waals surface area contributed by atoms with E-state index in [0.717, 1.165) is 32.3 Å². The first-order chi connectivity index (χ1) is 8.62. The summed E-state index contributed by atoms with van der Waals surface area (Å²) in [5, 5.41) is 9.92. The summed E-state index contributed by atoms with van der Waals surface area (Å²) in [6.45, 7) is 8.16. The van der Waals surface area contributed by atoms with Crippen molar-refractivity contribution in [1.82, 2.24) is 0 Å². The largest absolute Gasteiger partial charge is 0.379 e. The first-order valence-corrected chi connectivity index (χ1v) is 7.17. The Bertz CT molecular complexity index is 222. The molecule has 1 rings (SSSR count). The quantitative estimate of drug-likeness (QED) is 0.647. The number of aliphatic hydroxyl groups excluding tert-OH is 1. The van der Waals surface area contributed by atoms with E-state index in [2.05, 4.69) is 13.8 Å². The van der Waals surface area contributed by atoms with E-state index in [0.29, 0.717) is 19.6 Å². The Balaban J connectivity index is 2.26. The van der Waals surface area contributed by atoms with Crippen LogP contribution in [0.1, 0.15) is 52.9 Å². The van der Waals surface area contributed by atoms with Crippen molar-refractivity contribution in [2.24, 2.45) is 0 Å². The summed E-state index contributed by atoms with van der Waals surface area (Å²) in [7, 11) is 0. The fraction of sp³-hybridized carbons (Fsp3) is 1.00. The van der Waals surface area contributed by atoms with E-state index in [1.165, 1.54) is 0 Å². The third-order valence-electron chi connectivity index (χ3n) is 3.35. The summed E-state index contributed by atoms with van der Waals surface area (Å²) in [4.78, 5) is 0. The van der Waals surface area contributed by atoms with Crippen LogP contribution in [0.2, 0.25) is 0 Å². The molecular weight excluding hydrogens is 232 g/mol. The van der Waals surface area contributed by atoms with Crippen molar-refractivity contribution in [3.8, 4) is 0 Å². The summed E-state index contributed by atoms with van der Waals surface area (Å²) in [5.74, 6) is 0. The van der Waals surface area contributed by atoms with Crippen LogP contribution in [0.5, 0.6) is 0 Å². The minimum Gasteiger partial charge on any atom is -0.379 e. The van der Waals surface area contributed by atoms with Gasteiger partial charge in [-0.2, -0.15) is 0 Å². The molecule has 1 heterocycles. The molecule has 4 nitrogen and oxygen atoms in total. The second-order valence-corrected chi connectivity index (χ2v) is 5.26. The Morgan fingerprint density at radius 1 is 1.22 bits per heavy atom. The monoisotopic (exact) mass is 260 g/mol. The molecule has 0 aromatic rings. The second-order valence-electron chi connectivity index (χ2n) is 5.26. The molecule has 0 aliphatic carbocycles. The molecular formula is C14H28O4. The van der Waals surface area contributed by atoms with Crippen molar-refractivity contribution >= 4 is 0 Å². The lowest BCUT2D eigenvalue weighted by Crippen LogP contribution is -2.38. The normalized spacial score (nSPS) is 32.0. The molecule has 1 fully saturated rings. The Morgan fingerprint density at radius 2 is 1.89 bits per heavy atom. The molecule has 0 radical (unpaired) electrons. The third kappa shape index (κ3) is 4.84. The van der Waals surface area contributed by atoms with Crippen molar-refractivity contribution in [3.63, 3.8) is 0 Å². The van der Waals surface area contributed by atoms with Gasteiger partial charge in [0.15, 0.2) is 6.29 Å². The number of unbranched alkanes of at least 4 members (excludes halogenated alkanes) is 2. The maximum Gasteiger partial charge on any atom is 0.184 e. The minimum atomic E-state index is -0.839. The van der Waals surface area contributed by atoms with Gasteiger partial charge in [0.2, 0.25) is 0 Å². The summed E-state index contributed by atoms with van der Waals surface area (Å²) in [6.07, 6.45) is 4.11. The number of rotatable bonds is 9. The molecule has 0 bridgehead atoms. The van der Waals surface area contributed by atoms with Crippen LogP contribution < -0.4 is 0 Å². The summed E-state index contributed by atoms with van der Waals surface area (Å²) < 4.78 is 16.8. The molecule has 108 valence electrons. The fourth-order valence-corrected chi connectivity index (χ4v) is 2.07. The van der Waals surface area contributed by atoms with Gasteiger partial charge in [0.05, 0.1) is 12.7 Å². The van der Waals surface area contributed by atoms with Crippen molar-refractivity contribution in [3.05, 3.63) is 0 Å². The minimum absolute atomic E-state index is 0.0523. The molecule has 0 amide bonds. The molecule has 18 heavy (non-hydrogen) atoms. The molecule has 1 N–H and O–H groups in total. The molecule has 1 unspecified atom stereocenters. The maximum absolute atomic E-state index is 9.92. The van der Waals surface area contributed by atoms with Crippen LogP contribution in [0.25, 0.3) is 0 Å². The molecule has 1 saturated heterocycles. The van der Waals surface area contributed by atoms with Gasteiger partial charge in [0.25, 0.3) is 0 Å². The number of ether oxygens (including phenoxy) is 3. The van der Waals surface area contributed by atoms with Crippen molar-refractivity contribution in [2.75, 3.05) is 19.8 Å². The molecule has 1 aliphatic rings. The Labute approximate surface area is 111 Å². The van der Waals surface area contributed by atoms with Crippen LogP contribution in [-0.4, -0.2) is 42.9 Å². The second kappa shape index (κ2) is 8.10. The zero-order valence-electron chi connectivity index (χ0n) is 12.0. The predicted molar refractivity (Wildman–Crippen MR) is 70.5 cm³/mol. The Kier molecular flexibility index (Phi) is 7.15. The maximum atomic E-state index is 9.92. The molecule has 3 atom stereocenters. The van der Waals surface area contributed by atoms with Crippen LogP contribution in [0, 0.1) is 0 Å². The van der Waals surface area contributed by atoms with Crippen molar-refractivity contribution < 1.29 is 19.3 Å². The summed E-state index contributed by atoms with van der Waals surface area (Å²) >= 11 is 0. The highest BCUT2D eigenvalue weighted by Crippen LogP contribution is 2.32. The van der Waals surface area contributed by atoms with Gasteiger partial charge < -0.3 is 19.3 Å². The number of aliphatic hydroxyl groups is 1. The molecule has 0 saturated carbocycles. The van der Waals surface area contributed by atoms with Crippen molar-refractivity contribution in [2.45, 2.75) is 70.9 Å².